The van der Waals surface area contributed by atoms with E-state index < -0.39 is 96.0 Å². The maximum atomic E-state index is 15.5. The Morgan fingerprint density at radius 1 is 0.766 bits per heavy atom. The molecule has 2 aromatic heterocycles. The standard InChI is InChI=1S/C58H79FN10O8/c1-11-58(7,8)69-32-40(41-19-14-15-20-46(41)69)30-45-55(75)67(10)48(25-34(2)3)52(72)62-44(29-38-22-23-42-39(27-38)31-60-57(65-42)77-33-59)50(70)61-36(6)54(74)66(9)47-21-16-24-68(56(47)76)49(26-35(4)5)53(73)63-43(51(71)64-45)28-37-17-12-13-18-37/h11,14-15,19-20,22-23,27,31-32,34-37,43-45,47-49H,1,12-13,16-18,21,24-26,28-30,33H2,2-10H3,(H,61,70)(H,62,72)(H,63,73)(H,64,71)/t36-,43-,44-,45-,47-,48-,49-/m0/s1. The van der Waals surface area contributed by atoms with Gasteiger partial charge in [-0.3, -0.25) is 33.6 Å². The van der Waals surface area contributed by atoms with Crippen molar-refractivity contribution >= 4 is 63.2 Å². The van der Waals surface area contributed by atoms with Crippen LogP contribution in [-0.4, -0.2) is 140 Å². The molecule has 4 aromatic rings. The van der Waals surface area contributed by atoms with E-state index in [1.807, 2.05) is 78.1 Å². The first-order valence-corrected chi connectivity index (χ1v) is 27.3. The van der Waals surface area contributed by atoms with Crippen molar-refractivity contribution in [1.82, 2.24) is 50.5 Å². The van der Waals surface area contributed by atoms with Crippen molar-refractivity contribution in [1.29, 1.82) is 0 Å². The molecule has 0 radical (unpaired) electrons. The SMILES string of the molecule is C=CC(C)(C)n1cc(C[C@@H]2NC(=O)[C@H](CC3CCCC3)NC(=O)[C@H](CC(C)C)N3CCC[C@@H](C3=O)N(C)C(=O)[C@H](C)NC(=O)[C@H](Cc3ccc4nc(OCF)ncc4c3)NC(=O)[C@H](CC(C)C)N(C)C2=O)c2ccccc21. The number of fused-ring (bicyclic) bond motifs is 4. The molecule has 7 rings (SSSR count). The van der Waals surface area contributed by atoms with Crippen LogP contribution < -0.4 is 26.0 Å². The first kappa shape index (κ1) is 57.8. The maximum Gasteiger partial charge on any atom is 0.319 e. The van der Waals surface area contributed by atoms with Gasteiger partial charge in [0, 0.05) is 62.2 Å². The molecule has 2 aliphatic heterocycles. The van der Waals surface area contributed by atoms with Crippen molar-refractivity contribution in [2.24, 2.45) is 17.8 Å². The van der Waals surface area contributed by atoms with E-state index in [1.165, 1.54) is 41.9 Å². The molecule has 0 spiro atoms. The molecule has 1 aliphatic carbocycles. The second kappa shape index (κ2) is 25.0. The van der Waals surface area contributed by atoms with Crippen LogP contribution in [-0.2, 0) is 51.9 Å². The highest BCUT2D eigenvalue weighted by Gasteiger charge is 2.43. The van der Waals surface area contributed by atoms with Gasteiger partial charge in [-0.25, -0.2) is 9.37 Å². The molecule has 2 bridgehead atoms. The van der Waals surface area contributed by atoms with Gasteiger partial charge in [0.15, 0.2) is 0 Å². The number of likely N-dealkylation sites (N-methyl/N-ethyl adjacent to an activating group) is 2. The summed E-state index contributed by atoms with van der Waals surface area (Å²) in [5.74, 6) is -4.07. The van der Waals surface area contributed by atoms with Crippen LogP contribution in [0.2, 0.25) is 0 Å². The van der Waals surface area contributed by atoms with Crippen LogP contribution in [0.1, 0.15) is 117 Å². The minimum absolute atomic E-state index is 0.00689. The number of allylic oxidation sites excluding steroid dienone is 1. The number of benzene rings is 2. The molecule has 18 nitrogen and oxygen atoms in total. The smallest absolute Gasteiger partial charge is 0.319 e. The highest BCUT2D eigenvalue weighted by atomic mass is 19.1. The number of rotatable bonds is 14. The van der Waals surface area contributed by atoms with Gasteiger partial charge in [-0.05, 0) is 100.0 Å². The largest absolute Gasteiger partial charge is 0.431 e. The number of hydrogen-bond donors (Lipinski definition) is 4. The maximum absolute atomic E-state index is 15.5. The summed E-state index contributed by atoms with van der Waals surface area (Å²) in [5.41, 5.74) is 2.11. The number of hydrogen-bond acceptors (Lipinski definition) is 10. The Morgan fingerprint density at radius 3 is 2.10 bits per heavy atom. The zero-order valence-corrected chi connectivity index (χ0v) is 46.3. The Bertz CT molecular complexity index is 2830. The van der Waals surface area contributed by atoms with E-state index in [0.29, 0.717) is 35.7 Å². The number of alkyl halides is 1. The van der Waals surface area contributed by atoms with Crippen LogP contribution >= 0.6 is 0 Å². The van der Waals surface area contributed by atoms with E-state index in [-0.39, 0.29) is 56.0 Å². The van der Waals surface area contributed by atoms with Crippen molar-refractivity contribution in [2.45, 2.75) is 167 Å². The molecular formula is C58H79FN10O8. The minimum Gasteiger partial charge on any atom is -0.431 e. The summed E-state index contributed by atoms with van der Waals surface area (Å²) in [6, 6.07) is 4.77. The molecule has 4 N–H and O–H groups in total. The van der Waals surface area contributed by atoms with Crippen LogP contribution in [0.15, 0.2) is 67.5 Å². The van der Waals surface area contributed by atoms with Crippen LogP contribution in [0.5, 0.6) is 6.01 Å². The lowest BCUT2D eigenvalue weighted by atomic mass is 9.94. The second-order valence-electron chi connectivity index (χ2n) is 22.8. The molecule has 3 fully saturated rings. The number of amides is 7. The van der Waals surface area contributed by atoms with Crippen molar-refractivity contribution < 1.29 is 42.7 Å². The molecule has 3 aliphatic rings. The average molecular weight is 1060 g/mol. The van der Waals surface area contributed by atoms with Gasteiger partial charge in [-0.1, -0.05) is 83.7 Å². The van der Waals surface area contributed by atoms with Crippen LogP contribution in [0.4, 0.5) is 4.39 Å². The second-order valence-corrected chi connectivity index (χ2v) is 22.8. The zero-order chi connectivity index (χ0) is 55.9. The average Bonchev–Trinajstić information content (AvgIpc) is 4.06. The fourth-order valence-corrected chi connectivity index (χ4v) is 11.3. The summed E-state index contributed by atoms with van der Waals surface area (Å²) in [6.45, 7) is 16.5. The highest BCUT2D eigenvalue weighted by molar-refractivity contribution is 5.99. The summed E-state index contributed by atoms with van der Waals surface area (Å²) < 4.78 is 19.9. The molecule has 7 amide bonds. The van der Waals surface area contributed by atoms with E-state index in [2.05, 4.69) is 42.4 Å². The number of aromatic nitrogens is 3. The highest BCUT2D eigenvalue weighted by Crippen LogP contribution is 2.32. The predicted octanol–water partition coefficient (Wildman–Crippen LogP) is 5.89. The zero-order valence-electron chi connectivity index (χ0n) is 46.3. The van der Waals surface area contributed by atoms with Crippen molar-refractivity contribution in [3.63, 3.8) is 0 Å². The summed E-state index contributed by atoms with van der Waals surface area (Å²) in [6.07, 6.45) is 10.4. The Labute approximate surface area is 451 Å². The monoisotopic (exact) mass is 1060 g/mol. The first-order chi connectivity index (χ1) is 36.6. The first-order valence-electron chi connectivity index (χ1n) is 27.3. The minimum atomic E-state index is -1.31. The van der Waals surface area contributed by atoms with Gasteiger partial charge in [0.1, 0.15) is 42.3 Å². The molecule has 2 aromatic carbocycles. The number of carbonyl (C=O) groups is 7. The number of para-hydroxylation sites is 1. The third-order valence-electron chi connectivity index (χ3n) is 15.7. The number of nitrogens with zero attached hydrogens (tertiary/aromatic N) is 6. The van der Waals surface area contributed by atoms with Gasteiger partial charge in [-0.2, -0.15) is 4.98 Å². The third-order valence-corrected chi connectivity index (χ3v) is 15.7. The topological polar surface area (TPSA) is 217 Å². The Kier molecular flexibility index (Phi) is 18.8. The lowest BCUT2D eigenvalue weighted by Crippen LogP contribution is -2.62. The number of nitrogens with one attached hydrogen (secondary N) is 4. The fourth-order valence-electron chi connectivity index (χ4n) is 11.3. The van der Waals surface area contributed by atoms with Crippen LogP contribution in [0, 0.1) is 17.8 Å². The molecule has 19 heteroatoms. The summed E-state index contributed by atoms with van der Waals surface area (Å²) in [4.78, 5) is 117. The molecule has 1 saturated carbocycles. The Hall–Kier alpha value is -6.92. The lowest BCUT2D eigenvalue weighted by Gasteiger charge is -2.41. The number of halogens is 1. The molecule has 4 heterocycles. The van der Waals surface area contributed by atoms with Crippen molar-refractivity contribution in [2.75, 3.05) is 27.5 Å². The lowest BCUT2D eigenvalue weighted by molar-refractivity contribution is -0.153. The molecule has 77 heavy (non-hydrogen) atoms. The summed E-state index contributed by atoms with van der Waals surface area (Å²) >= 11 is 0. The molecule has 7 atom stereocenters. The normalized spacial score (nSPS) is 24.3. The van der Waals surface area contributed by atoms with Crippen LogP contribution in [0.3, 0.4) is 0 Å². The fraction of sp³-hybridized carbons (Fsp3) is 0.569. The van der Waals surface area contributed by atoms with Gasteiger partial charge in [-0.15, -0.1) is 6.58 Å². The van der Waals surface area contributed by atoms with Gasteiger partial charge >= 0.3 is 6.01 Å². The summed E-state index contributed by atoms with van der Waals surface area (Å²) in [5, 5.41) is 13.3. The molecular weight excluding hydrogens is 984 g/mol. The Balaban J connectivity index is 1.34. The van der Waals surface area contributed by atoms with E-state index in [1.54, 1.807) is 18.2 Å². The Morgan fingerprint density at radius 2 is 1.42 bits per heavy atom. The van der Waals surface area contributed by atoms with E-state index in [4.69, 9.17) is 4.74 Å². The van der Waals surface area contributed by atoms with E-state index in [0.717, 1.165) is 42.1 Å². The van der Waals surface area contributed by atoms with Gasteiger partial charge in [0.05, 0.1) is 11.1 Å². The predicted molar refractivity (Wildman–Crippen MR) is 292 cm³/mol. The quantitative estimate of drug-likeness (QED) is 0.110. The van der Waals surface area contributed by atoms with Gasteiger partial charge in [0.25, 0.3) is 0 Å². The molecule has 0 unspecified atom stereocenters. The van der Waals surface area contributed by atoms with Gasteiger partial charge in [0.2, 0.25) is 48.2 Å². The number of carbonyl (C=O) groups excluding carboxylic acids is 7. The number of piperidine rings is 1. The van der Waals surface area contributed by atoms with E-state index >= 15 is 14.4 Å². The van der Waals surface area contributed by atoms with Crippen molar-refractivity contribution in [3.8, 4) is 6.01 Å². The molecule has 2 saturated heterocycles. The summed E-state index contributed by atoms with van der Waals surface area (Å²) in [7, 11) is 3.02. The molecule has 416 valence electrons. The van der Waals surface area contributed by atoms with Crippen LogP contribution in [0.25, 0.3) is 21.8 Å². The number of ether oxygens (including phenoxy) is 1. The van der Waals surface area contributed by atoms with E-state index in [9.17, 15) is 23.6 Å². The van der Waals surface area contributed by atoms with Crippen molar-refractivity contribution in [3.05, 3.63) is 78.6 Å². The van der Waals surface area contributed by atoms with Gasteiger partial charge < -0.3 is 45.3 Å². The third kappa shape index (κ3) is 13.6.